The SMILES string of the molecule is CC(Oc1ccc(Cl)cc1OC1CNC1)c1cc(F)ccc1F.O=C(O)C(F)(F)F. The van der Waals surface area contributed by atoms with Crippen LogP contribution >= 0.6 is 11.6 Å². The number of alkyl halides is 3. The fraction of sp³-hybridized carbons (Fsp3) is 0.316. The van der Waals surface area contributed by atoms with Gasteiger partial charge < -0.3 is 19.9 Å². The number of hydrogen-bond acceptors (Lipinski definition) is 4. The van der Waals surface area contributed by atoms with Gasteiger partial charge in [0.15, 0.2) is 11.5 Å². The number of aliphatic carboxylic acids is 1. The van der Waals surface area contributed by atoms with Crippen molar-refractivity contribution >= 4 is 17.6 Å². The molecule has 1 fully saturated rings. The zero-order valence-electron chi connectivity index (χ0n) is 15.5. The molecule has 164 valence electrons. The highest BCUT2D eigenvalue weighted by Crippen LogP contribution is 2.35. The van der Waals surface area contributed by atoms with Crippen molar-refractivity contribution in [3.8, 4) is 11.5 Å². The van der Waals surface area contributed by atoms with Gasteiger partial charge in [-0.2, -0.15) is 13.2 Å². The Bertz CT molecular complexity index is 890. The van der Waals surface area contributed by atoms with Gasteiger partial charge in [0.1, 0.15) is 23.8 Å². The van der Waals surface area contributed by atoms with Crippen molar-refractivity contribution in [1.29, 1.82) is 0 Å². The number of nitrogens with one attached hydrogen (secondary N) is 1. The topological polar surface area (TPSA) is 67.8 Å². The Morgan fingerprint density at radius 2 is 1.80 bits per heavy atom. The molecule has 1 atom stereocenters. The second-order valence-corrected chi connectivity index (χ2v) is 6.65. The zero-order chi connectivity index (χ0) is 22.5. The summed E-state index contributed by atoms with van der Waals surface area (Å²) in [4.78, 5) is 8.90. The first-order valence-corrected chi connectivity index (χ1v) is 8.93. The number of halogens is 6. The molecule has 0 aliphatic carbocycles. The molecule has 0 amide bonds. The minimum Gasteiger partial charge on any atom is -0.484 e. The van der Waals surface area contributed by atoms with Crippen molar-refractivity contribution in [2.75, 3.05) is 13.1 Å². The third-order valence-electron chi connectivity index (χ3n) is 3.89. The van der Waals surface area contributed by atoms with Crippen LogP contribution in [0.5, 0.6) is 11.5 Å². The van der Waals surface area contributed by atoms with Crippen LogP contribution in [0.25, 0.3) is 0 Å². The molecule has 30 heavy (non-hydrogen) atoms. The Hall–Kier alpha value is -2.59. The molecule has 2 aromatic carbocycles. The third-order valence-corrected chi connectivity index (χ3v) is 4.12. The first-order chi connectivity index (χ1) is 14.0. The van der Waals surface area contributed by atoms with E-state index in [1.54, 1.807) is 25.1 Å². The van der Waals surface area contributed by atoms with Crippen molar-refractivity contribution < 1.29 is 41.3 Å². The van der Waals surface area contributed by atoms with Gasteiger partial charge in [0.25, 0.3) is 0 Å². The molecule has 1 saturated heterocycles. The van der Waals surface area contributed by atoms with E-state index in [4.69, 9.17) is 31.0 Å². The summed E-state index contributed by atoms with van der Waals surface area (Å²) in [7, 11) is 0. The van der Waals surface area contributed by atoms with E-state index in [9.17, 15) is 22.0 Å². The van der Waals surface area contributed by atoms with Gasteiger partial charge >= 0.3 is 12.1 Å². The maximum Gasteiger partial charge on any atom is 0.490 e. The Morgan fingerprint density at radius 1 is 1.17 bits per heavy atom. The standard InChI is InChI=1S/C17H16ClF2NO2.C2HF3O2/c1-10(14-7-12(19)3-4-15(14)20)22-16-5-2-11(18)6-17(16)23-13-8-21-9-13;3-2(4,5)1(6)7/h2-7,10,13,21H,8-9H2,1H3;(H,6,7). The summed E-state index contributed by atoms with van der Waals surface area (Å²) < 4.78 is 70.5. The average molecular weight is 454 g/mol. The molecule has 5 nitrogen and oxygen atoms in total. The highest BCUT2D eigenvalue weighted by Gasteiger charge is 2.38. The lowest BCUT2D eigenvalue weighted by Crippen LogP contribution is -2.50. The first kappa shape index (κ1) is 23.7. The number of benzene rings is 2. The van der Waals surface area contributed by atoms with Crippen LogP contribution in [0.3, 0.4) is 0 Å². The van der Waals surface area contributed by atoms with E-state index in [0.717, 1.165) is 31.3 Å². The Labute approximate surface area is 173 Å². The van der Waals surface area contributed by atoms with Crippen LogP contribution < -0.4 is 14.8 Å². The van der Waals surface area contributed by atoms with Gasteiger partial charge in [-0.1, -0.05) is 11.6 Å². The van der Waals surface area contributed by atoms with Crippen LogP contribution in [0, 0.1) is 11.6 Å². The highest BCUT2D eigenvalue weighted by atomic mass is 35.5. The molecular weight excluding hydrogens is 437 g/mol. The Morgan fingerprint density at radius 3 is 2.33 bits per heavy atom. The summed E-state index contributed by atoms with van der Waals surface area (Å²) in [5.74, 6) is -2.85. The molecule has 0 radical (unpaired) electrons. The number of carbonyl (C=O) groups is 1. The minimum absolute atomic E-state index is 0.0528. The Kier molecular flexibility index (Phi) is 7.85. The van der Waals surface area contributed by atoms with Gasteiger partial charge in [-0.3, -0.25) is 0 Å². The van der Waals surface area contributed by atoms with Crippen molar-refractivity contribution in [1.82, 2.24) is 5.32 Å². The summed E-state index contributed by atoms with van der Waals surface area (Å²) in [6.45, 7) is 3.15. The summed E-state index contributed by atoms with van der Waals surface area (Å²) in [6.07, 6.45) is -5.70. The highest BCUT2D eigenvalue weighted by molar-refractivity contribution is 6.30. The zero-order valence-corrected chi connectivity index (χ0v) is 16.2. The van der Waals surface area contributed by atoms with Gasteiger partial charge in [-0.05, 0) is 37.3 Å². The molecule has 0 aromatic heterocycles. The van der Waals surface area contributed by atoms with Crippen LogP contribution in [-0.2, 0) is 4.79 Å². The normalized spacial score (nSPS) is 14.8. The molecule has 2 aromatic rings. The molecule has 3 rings (SSSR count). The number of ether oxygens (including phenoxy) is 2. The van der Waals surface area contributed by atoms with Crippen LogP contribution in [0.15, 0.2) is 36.4 Å². The molecule has 11 heteroatoms. The van der Waals surface area contributed by atoms with Crippen molar-refractivity contribution in [3.63, 3.8) is 0 Å². The van der Waals surface area contributed by atoms with Crippen LogP contribution in [0.4, 0.5) is 22.0 Å². The average Bonchev–Trinajstić information content (AvgIpc) is 2.62. The van der Waals surface area contributed by atoms with Gasteiger partial charge in [-0.25, -0.2) is 13.6 Å². The largest absolute Gasteiger partial charge is 0.490 e. The second kappa shape index (κ2) is 9.94. The lowest BCUT2D eigenvalue weighted by molar-refractivity contribution is -0.192. The van der Waals surface area contributed by atoms with Crippen molar-refractivity contribution in [2.24, 2.45) is 0 Å². The summed E-state index contributed by atoms with van der Waals surface area (Å²) in [5.41, 5.74) is 0.149. The molecule has 1 heterocycles. The lowest BCUT2D eigenvalue weighted by Gasteiger charge is -2.29. The van der Waals surface area contributed by atoms with Crippen molar-refractivity contribution in [3.05, 3.63) is 58.6 Å². The van der Waals surface area contributed by atoms with Gasteiger partial charge in [0.05, 0.1) is 0 Å². The second-order valence-electron chi connectivity index (χ2n) is 6.22. The minimum atomic E-state index is -5.08. The van der Waals surface area contributed by atoms with E-state index in [2.05, 4.69) is 5.32 Å². The number of carboxylic acid groups (broad SMARTS) is 1. The smallest absolute Gasteiger partial charge is 0.484 e. The van der Waals surface area contributed by atoms with Crippen LogP contribution in [0.1, 0.15) is 18.6 Å². The van der Waals surface area contributed by atoms with E-state index in [-0.39, 0.29) is 11.7 Å². The number of rotatable bonds is 5. The molecule has 2 N–H and O–H groups in total. The maximum atomic E-state index is 13.9. The first-order valence-electron chi connectivity index (χ1n) is 8.56. The molecule has 0 spiro atoms. The molecule has 1 unspecified atom stereocenters. The molecule has 0 saturated carbocycles. The van der Waals surface area contributed by atoms with Gasteiger partial charge in [0.2, 0.25) is 0 Å². The predicted octanol–water partition coefficient (Wildman–Crippen LogP) is 4.74. The summed E-state index contributed by atoms with van der Waals surface area (Å²) >= 11 is 6.00. The number of carboxylic acids is 1. The van der Waals surface area contributed by atoms with Gasteiger partial charge in [-0.15, -0.1) is 0 Å². The molecular formula is C19H17ClF5NO4. The van der Waals surface area contributed by atoms with E-state index >= 15 is 0 Å². The molecule has 1 aliphatic heterocycles. The van der Waals surface area contributed by atoms with Gasteiger partial charge in [0, 0.05) is 29.7 Å². The van der Waals surface area contributed by atoms with E-state index < -0.39 is 29.9 Å². The maximum absolute atomic E-state index is 13.9. The quantitative estimate of drug-likeness (QED) is 0.640. The van der Waals surface area contributed by atoms with Crippen LogP contribution in [0.2, 0.25) is 5.02 Å². The summed E-state index contributed by atoms with van der Waals surface area (Å²) in [6, 6.07) is 8.28. The summed E-state index contributed by atoms with van der Waals surface area (Å²) in [5, 5.41) is 10.7. The predicted molar refractivity (Wildman–Crippen MR) is 97.8 cm³/mol. The van der Waals surface area contributed by atoms with Crippen LogP contribution in [-0.4, -0.2) is 36.4 Å². The fourth-order valence-electron chi connectivity index (χ4n) is 2.28. The lowest BCUT2D eigenvalue weighted by atomic mass is 10.1. The number of hydrogen-bond donors (Lipinski definition) is 2. The monoisotopic (exact) mass is 453 g/mol. The molecule has 0 bridgehead atoms. The van der Waals surface area contributed by atoms with E-state index in [1.807, 2.05) is 0 Å². The van der Waals surface area contributed by atoms with E-state index in [1.165, 1.54) is 0 Å². The molecule has 1 aliphatic rings. The third kappa shape index (κ3) is 6.74. The Balaban J connectivity index is 0.000000396. The fourth-order valence-corrected chi connectivity index (χ4v) is 2.44. The van der Waals surface area contributed by atoms with Crippen molar-refractivity contribution in [2.45, 2.75) is 25.3 Å². The van der Waals surface area contributed by atoms with E-state index in [0.29, 0.717) is 16.5 Å².